The number of hydrogen-bond acceptors (Lipinski definition) is 4. The molecule has 0 aliphatic carbocycles. The summed E-state index contributed by atoms with van der Waals surface area (Å²) in [6, 6.07) is 9.99. The molecule has 0 saturated carbocycles. The van der Waals surface area contributed by atoms with Gasteiger partial charge < -0.3 is 20.8 Å². The number of hydrogen-bond donors (Lipinski definition) is 3. The Morgan fingerprint density at radius 1 is 1.21 bits per heavy atom. The van der Waals surface area contributed by atoms with E-state index in [0.717, 1.165) is 12.0 Å². The van der Waals surface area contributed by atoms with Crippen molar-refractivity contribution in [3.05, 3.63) is 54.0 Å². The van der Waals surface area contributed by atoms with Crippen LogP contribution in [-0.4, -0.2) is 17.9 Å². The van der Waals surface area contributed by atoms with Gasteiger partial charge in [0, 0.05) is 12.2 Å². The zero-order valence-corrected chi connectivity index (χ0v) is 13.9. The van der Waals surface area contributed by atoms with Crippen molar-refractivity contribution >= 4 is 17.5 Å². The number of furan rings is 1. The largest absolute Gasteiger partial charge is 0.459 e. The Hall–Kier alpha value is -2.60. The molecule has 1 aromatic heterocycles. The van der Waals surface area contributed by atoms with Crippen LogP contribution in [0.1, 0.15) is 36.4 Å². The van der Waals surface area contributed by atoms with Gasteiger partial charge in [-0.15, -0.1) is 0 Å². The molecule has 1 aromatic carbocycles. The minimum Gasteiger partial charge on any atom is -0.459 e. The molecule has 0 saturated heterocycles. The van der Waals surface area contributed by atoms with Crippen LogP contribution in [0.3, 0.4) is 0 Å². The quantitative estimate of drug-likeness (QED) is 0.727. The summed E-state index contributed by atoms with van der Waals surface area (Å²) in [5.74, 6) is -0.0605. The van der Waals surface area contributed by atoms with E-state index in [0.29, 0.717) is 12.2 Å². The summed E-state index contributed by atoms with van der Waals surface area (Å²) in [6.45, 7) is 4.36. The highest BCUT2D eigenvalue weighted by Crippen LogP contribution is 2.12. The average Bonchev–Trinajstić information content (AvgIpc) is 3.14. The first kappa shape index (κ1) is 17.7. The highest BCUT2D eigenvalue weighted by molar-refractivity contribution is 6.02. The molecular formula is C18H23N3O3. The predicted molar refractivity (Wildman–Crippen MR) is 92.4 cm³/mol. The molecule has 1 heterocycles. The molecule has 0 fully saturated rings. The summed E-state index contributed by atoms with van der Waals surface area (Å²) >= 11 is 0. The van der Waals surface area contributed by atoms with E-state index in [-0.39, 0.29) is 23.5 Å². The fraction of sp³-hybridized carbons (Fsp3) is 0.333. The molecule has 128 valence electrons. The van der Waals surface area contributed by atoms with Crippen molar-refractivity contribution in [1.29, 1.82) is 0 Å². The van der Waals surface area contributed by atoms with E-state index in [9.17, 15) is 9.59 Å². The van der Waals surface area contributed by atoms with Crippen LogP contribution < -0.4 is 16.4 Å². The maximum absolute atomic E-state index is 12.0. The van der Waals surface area contributed by atoms with Crippen molar-refractivity contribution < 1.29 is 14.0 Å². The Morgan fingerprint density at radius 2 is 1.92 bits per heavy atom. The van der Waals surface area contributed by atoms with Crippen molar-refractivity contribution in [2.45, 2.75) is 32.9 Å². The van der Waals surface area contributed by atoms with Gasteiger partial charge in [0.25, 0.3) is 5.91 Å². The molecule has 0 spiro atoms. The zero-order chi connectivity index (χ0) is 17.5. The second-order valence-electron chi connectivity index (χ2n) is 5.76. The number of anilines is 1. The van der Waals surface area contributed by atoms with Gasteiger partial charge in [0.1, 0.15) is 0 Å². The van der Waals surface area contributed by atoms with Crippen molar-refractivity contribution in [3.8, 4) is 0 Å². The summed E-state index contributed by atoms with van der Waals surface area (Å²) in [6.07, 6.45) is 2.31. The van der Waals surface area contributed by atoms with E-state index < -0.39 is 6.04 Å². The maximum atomic E-state index is 12.0. The second kappa shape index (κ2) is 8.31. The highest BCUT2D eigenvalue weighted by atomic mass is 16.3. The van der Waals surface area contributed by atoms with Crippen LogP contribution in [0, 0.1) is 5.92 Å². The fourth-order valence-corrected chi connectivity index (χ4v) is 2.13. The third-order valence-corrected chi connectivity index (χ3v) is 3.98. The number of nitrogens with two attached hydrogens (primary N) is 1. The molecule has 4 N–H and O–H groups in total. The van der Waals surface area contributed by atoms with Gasteiger partial charge >= 0.3 is 0 Å². The van der Waals surface area contributed by atoms with Crippen molar-refractivity contribution in [3.63, 3.8) is 0 Å². The van der Waals surface area contributed by atoms with Gasteiger partial charge in [-0.05, 0) is 35.7 Å². The molecule has 0 aliphatic heterocycles. The van der Waals surface area contributed by atoms with Crippen LogP contribution in [-0.2, 0) is 11.3 Å². The highest BCUT2D eigenvalue weighted by Gasteiger charge is 2.18. The molecule has 0 bridgehead atoms. The molecule has 2 rings (SSSR count). The van der Waals surface area contributed by atoms with Crippen LogP contribution in [0.25, 0.3) is 0 Å². The summed E-state index contributed by atoms with van der Waals surface area (Å²) < 4.78 is 5.04. The Kier molecular flexibility index (Phi) is 6.14. The van der Waals surface area contributed by atoms with Gasteiger partial charge in [-0.1, -0.05) is 32.4 Å². The number of carbonyl (C=O) groups is 2. The van der Waals surface area contributed by atoms with Crippen LogP contribution >= 0.6 is 0 Å². The van der Waals surface area contributed by atoms with Gasteiger partial charge in [-0.3, -0.25) is 9.59 Å². The normalized spacial score (nSPS) is 13.1. The van der Waals surface area contributed by atoms with Crippen molar-refractivity contribution in [2.24, 2.45) is 11.7 Å². The van der Waals surface area contributed by atoms with Crippen LogP contribution in [0.15, 0.2) is 47.1 Å². The average molecular weight is 329 g/mol. The van der Waals surface area contributed by atoms with Crippen LogP contribution in [0.2, 0.25) is 0 Å². The standard InChI is InChI=1S/C18H23N3O3/c1-3-12(2)16(19)18(23)20-11-13-6-8-14(9-7-13)21-17(22)15-5-4-10-24-15/h4-10,12,16H,3,11,19H2,1-2H3,(H,20,23)(H,21,22). The van der Waals surface area contributed by atoms with Gasteiger partial charge in [0.05, 0.1) is 12.3 Å². The fourth-order valence-electron chi connectivity index (χ4n) is 2.13. The summed E-state index contributed by atoms with van der Waals surface area (Å²) in [7, 11) is 0. The van der Waals surface area contributed by atoms with Crippen LogP contribution in [0.5, 0.6) is 0 Å². The Bertz CT molecular complexity index is 665. The SMILES string of the molecule is CCC(C)C(N)C(=O)NCc1ccc(NC(=O)c2ccco2)cc1. The molecule has 24 heavy (non-hydrogen) atoms. The van der Waals surface area contributed by atoms with Gasteiger partial charge in [0.2, 0.25) is 5.91 Å². The van der Waals surface area contributed by atoms with E-state index in [2.05, 4.69) is 10.6 Å². The smallest absolute Gasteiger partial charge is 0.291 e. The number of benzene rings is 1. The Balaban J connectivity index is 1.86. The third kappa shape index (κ3) is 4.70. The van der Waals surface area contributed by atoms with Gasteiger partial charge in [0.15, 0.2) is 5.76 Å². The summed E-state index contributed by atoms with van der Waals surface area (Å²) in [5.41, 5.74) is 7.47. The lowest BCUT2D eigenvalue weighted by Gasteiger charge is -2.17. The maximum Gasteiger partial charge on any atom is 0.291 e. The minimum atomic E-state index is -0.498. The molecule has 2 aromatic rings. The van der Waals surface area contributed by atoms with E-state index in [1.165, 1.54) is 6.26 Å². The molecule has 2 amide bonds. The number of amides is 2. The number of carbonyl (C=O) groups excluding carboxylic acids is 2. The summed E-state index contributed by atoms with van der Waals surface area (Å²) in [5, 5.41) is 5.57. The van der Waals surface area contributed by atoms with E-state index in [1.807, 2.05) is 26.0 Å². The minimum absolute atomic E-state index is 0.143. The van der Waals surface area contributed by atoms with Gasteiger partial charge in [-0.2, -0.15) is 0 Å². The van der Waals surface area contributed by atoms with Crippen molar-refractivity contribution in [1.82, 2.24) is 5.32 Å². The zero-order valence-electron chi connectivity index (χ0n) is 13.9. The Labute approximate surface area is 141 Å². The lowest BCUT2D eigenvalue weighted by Crippen LogP contribution is -2.44. The number of rotatable bonds is 7. The lowest BCUT2D eigenvalue weighted by atomic mass is 9.99. The molecule has 2 unspecified atom stereocenters. The molecule has 6 heteroatoms. The second-order valence-corrected chi connectivity index (χ2v) is 5.76. The van der Waals surface area contributed by atoms with E-state index in [4.69, 9.17) is 10.2 Å². The van der Waals surface area contributed by atoms with Crippen LogP contribution in [0.4, 0.5) is 5.69 Å². The molecule has 6 nitrogen and oxygen atoms in total. The lowest BCUT2D eigenvalue weighted by molar-refractivity contribution is -0.123. The topological polar surface area (TPSA) is 97.4 Å². The first-order valence-electron chi connectivity index (χ1n) is 7.98. The van der Waals surface area contributed by atoms with E-state index >= 15 is 0 Å². The van der Waals surface area contributed by atoms with E-state index in [1.54, 1.807) is 24.3 Å². The molecule has 0 radical (unpaired) electrons. The Morgan fingerprint density at radius 3 is 2.50 bits per heavy atom. The monoisotopic (exact) mass is 329 g/mol. The first-order chi connectivity index (χ1) is 11.5. The molecular weight excluding hydrogens is 306 g/mol. The molecule has 0 aliphatic rings. The third-order valence-electron chi connectivity index (χ3n) is 3.98. The summed E-state index contributed by atoms with van der Waals surface area (Å²) in [4.78, 5) is 23.8. The number of nitrogens with one attached hydrogen (secondary N) is 2. The van der Waals surface area contributed by atoms with Gasteiger partial charge in [-0.25, -0.2) is 0 Å². The first-order valence-corrected chi connectivity index (χ1v) is 7.98. The predicted octanol–water partition coefficient (Wildman–Crippen LogP) is 2.52. The molecule has 2 atom stereocenters. The van der Waals surface area contributed by atoms with Crippen molar-refractivity contribution in [2.75, 3.05) is 5.32 Å².